The smallest absolute Gasteiger partial charge is 0.426 e. The molecule has 1 amide bonds. The lowest BCUT2D eigenvalue weighted by Gasteiger charge is -2.45. The third-order valence-corrected chi connectivity index (χ3v) is 8.16. The van der Waals surface area contributed by atoms with Gasteiger partial charge in [0.2, 0.25) is 0 Å². The van der Waals surface area contributed by atoms with Gasteiger partial charge in [0.15, 0.2) is 0 Å². The highest BCUT2D eigenvalue weighted by atomic mass is 35.5. The van der Waals surface area contributed by atoms with Crippen molar-refractivity contribution in [1.82, 2.24) is 14.7 Å². The van der Waals surface area contributed by atoms with Crippen molar-refractivity contribution in [1.29, 1.82) is 0 Å². The second kappa shape index (κ2) is 11.4. The van der Waals surface area contributed by atoms with Gasteiger partial charge in [-0.1, -0.05) is 17.7 Å². The standard InChI is InChI=1S/C24H32ClF8N3O2/c1-3-17(34-13-8-22(26,27)9-14-34)18(25)16(2)15-36-10-4-5-21(36)6-11-35(12-7-21)20(37)38-19(23(28,29)30)24(31,32)33/h3,19H,4-15H2,1-2H3/b17-3+,18-16-. The number of ether oxygens (including phenoxy) is 1. The molecule has 0 aromatic heterocycles. The van der Waals surface area contributed by atoms with E-state index in [1.807, 2.05) is 11.8 Å². The average molecular weight is 582 g/mol. The van der Waals surface area contributed by atoms with Crippen molar-refractivity contribution in [3.05, 3.63) is 22.4 Å². The lowest BCUT2D eigenvalue weighted by Crippen LogP contribution is -2.55. The van der Waals surface area contributed by atoms with Crippen molar-refractivity contribution in [2.45, 2.75) is 82.3 Å². The zero-order chi connectivity index (χ0) is 28.5. The van der Waals surface area contributed by atoms with Crippen LogP contribution in [0, 0.1) is 0 Å². The van der Waals surface area contributed by atoms with Gasteiger partial charge in [-0.25, -0.2) is 13.6 Å². The number of nitrogens with zero attached hydrogens (tertiary/aromatic N) is 3. The van der Waals surface area contributed by atoms with E-state index < -0.39 is 30.5 Å². The van der Waals surface area contributed by atoms with Gasteiger partial charge in [0, 0.05) is 51.1 Å². The summed E-state index contributed by atoms with van der Waals surface area (Å²) in [5.41, 5.74) is 1.11. The number of piperidine rings is 2. The van der Waals surface area contributed by atoms with E-state index in [0.717, 1.165) is 23.3 Å². The van der Waals surface area contributed by atoms with Gasteiger partial charge in [-0.2, -0.15) is 26.3 Å². The summed E-state index contributed by atoms with van der Waals surface area (Å²) in [6.45, 7) is 5.06. The molecule has 1 spiro atoms. The normalized spacial score (nSPS) is 23.7. The summed E-state index contributed by atoms with van der Waals surface area (Å²) in [6, 6.07) is 0. The van der Waals surface area contributed by atoms with Crippen LogP contribution in [-0.2, 0) is 4.74 Å². The van der Waals surface area contributed by atoms with Crippen LogP contribution in [0.2, 0.25) is 0 Å². The molecule has 0 atom stereocenters. The first-order valence-electron chi connectivity index (χ1n) is 12.5. The Balaban J connectivity index is 1.64. The number of carbonyl (C=O) groups is 1. The van der Waals surface area contributed by atoms with E-state index in [2.05, 4.69) is 9.64 Å². The molecule has 218 valence electrons. The summed E-state index contributed by atoms with van der Waals surface area (Å²) in [6.07, 6.45) is -13.8. The van der Waals surface area contributed by atoms with E-state index in [1.165, 1.54) is 0 Å². The molecule has 3 fully saturated rings. The maximum absolute atomic E-state index is 13.6. The van der Waals surface area contributed by atoms with Crippen LogP contribution in [0.1, 0.15) is 52.4 Å². The Morgan fingerprint density at radius 2 is 1.45 bits per heavy atom. The third kappa shape index (κ3) is 7.05. The highest BCUT2D eigenvalue weighted by molar-refractivity contribution is 6.32. The summed E-state index contributed by atoms with van der Waals surface area (Å²) < 4.78 is 108. The quantitative estimate of drug-likeness (QED) is 0.268. The number of halogens is 9. The highest BCUT2D eigenvalue weighted by Gasteiger charge is 2.60. The first kappa shape index (κ1) is 30.8. The van der Waals surface area contributed by atoms with Gasteiger partial charge in [-0.3, -0.25) is 4.90 Å². The van der Waals surface area contributed by atoms with Gasteiger partial charge < -0.3 is 14.5 Å². The number of likely N-dealkylation sites (tertiary alicyclic amines) is 3. The number of carbonyl (C=O) groups excluding carboxylic acids is 1. The molecule has 38 heavy (non-hydrogen) atoms. The molecule has 0 unspecified atom stereocenters. The first-order valence-corrected chi connectivity index (χ1v) is 12.9. The molecule has 3 aliphatic heterocycles. The van der Waals surface area contributed by atoms with Crippen LogP contribution in [0.5, 0.6) is 0 Å². The average Bonchev–Trinajstić information content (AvgIpc) is 3.18. The van der Waals surface area contributed by atoms with Crippen LogP contribution in [0.25, 0.3) is 0 Å². The molecule has 3 saturated heterocycles. The lowest BCUT2D eigenvalue weighted by atomic mass is 9.85. The number of alkyl halides is 8. The molecule has 3 rings (SSSR count). The van der Waals surface area contributed by atoms with Crippen molar-refractivity contribution in [2.75, 3.05) is 39.3 Å². The molecular weight excluding hydrogens is 550 g/mol. The molecule has 0 radical (unpaired) electrons. The molecule has 0 aliphatic carbocycles. The van der Waals surface area contributed by atoms with Crippen LogP contribution in [-0.4, -0.2) is 90.0 Å². The molecule has 14 heteroatoms. The lowest BCUT2D eigenvalue weighted by molar-refractivity contribution is -0.308. The summed E-state index contributed by atoms with van der Waals surface area (Å²) in [5, 5.41) is 0.464. The van der Waals surface area contributed by atoms with Crippen LogP contribution in [0.3, 0.4) is 0 Å². The Bertz CT molecular complexity index is 903. The molecule has 0 aromatic rings. The number of allylic oxidation sites excluding steroid dienone is 2. The van der Waals surface area contributed by atoms with E-state index in [-0.39, 0.29) is 44.6 Å². The Kier molecular flexibility index (Phi) is 9.22. The molecule has 3 aliphatic rings. The monoisotopic (exact) mass is 581 g/mol. The minimum atomic E-state index is -5.77. The number of amides is 1. The minimum absolute atomic E-state index is 0.0453. The first-order chi connectivity index (χ1) is 17.5. The Labute approximate surface area is 221 Å². The predicted molar refractivity (Wildman–Crippen MR) is 125 cm³/mol. The largest absolute Gasteiger partial charge is 0.434 e. The molecule has 0 aromatic carbocycles. The van der Waals surface area contributed by atoms with Crippen LogP contribution in [0.15, 0.2) is 22.4 Å². The van der Waals surface area contributed by atoms with E-state index in [4.69, 9.17) is 11.6 Å². The van der Waals surface area contributed by atoms with Crippen LogP contribution < -0.4 is 0 Å². The van der Waals surface area contributed by atoms with E-state index in [9.17, 15) is 39.9 Å². The third-order valence-electron chi connectivity index (χ3n) is 7.64. The van der Waals surface area contributed by atoms with Gasteiger partial charge in [0.1, 0.15) is 0 Å². The summed E-state index contributed by atoms with van der Waals surface area (Å²) in [4.78, 5) is 17.1. The molecular formula is C24H32ClF8N3O2. The van der Waals surface area contributed by atoms with Crippen molar-refractivity contribution in [2.24, 2.45) is 0 Å². The molecule has 0 N–H and O–H groups in total. The molecule has 0 saturated carbocycles. The second-order valence-electron chi connectivity index (χ2n) is 10.2. The minimum Gasteiger partial charge on any atom is -0.426 e. The number of hydrogen-bond acceptors (Lipinski definition) is 4. The summed E-state index contributed by atoms with van der Waals surface area (Å²) in [5.74, 6) is -2.69. The second-order valence-corrected chi connectivity index (χ2v) is 10.6. The van der Waals surface area contributed by atoms with E-state index in [0.29, 0.717) is 36.7 Å². The van der Waals surface area contributed by atoms with Crippen molar-refractivity contribution in [3.8, 4) is 0 Å². The van der Waals surface area contributed by atoms with Crippen LogP contribution in [0.4, 0.5) is 39.9 Å². The SMILES string of the molecule is C/C=C(\C(Cl)=C(/C)CN1CCCC12CCN(C(=O)OC(C(F)(F)F)C(F)(F)F)CC2)N1CCC(F)(F)CC1. The maximum atomic E-state index is 13.6. The number of rotatable bonds is 5. The van der Waals surface area contributed by atoms with Gasteiger partial charge in [0.05, 0.1) is 10.7 Å². The fourth-order valence-electron chi connectivity index (χ4n) is 5.50. The zero-order valence-electron chi connectivity index (χ0n) is 21.2. The van der Waals surface area contributed by atoms with Gasteiger partial charge in [0.25, 0.3) is 12.0 Å². The Morgan fingerprint density at radius 3 is 1.95 bits per heavy atom. The van der Waals surface area contributed by atoms with E-state index >= 15 is 0 Å². The van der Waals surface area contributed by atoms with Gasteiger partial charge in [-0.15, -0.1) is 0 Å². The summed E-state index contributed by atoms with van der Waals surface area (Å²) >= 11 is 6.70. The Morgan fingerprint density at radius 1 is 0.921 bits per heavy atom. The zero-order valence-corrected chi connectivity index (χ0v) is 22.0. The van der Waals surface area contributed by atoms with Gasteiger partial charge in [-0.05, 0) is 51.6 Å². The van der Waals surface area contributed by atoms with Crippen LogP contribution >= 0.6 is 11.6 Å². The van der Waals surface area contributed by atoms with Crippen molar-refractivity contribution in [3.63, 3.8) is 0 Å². The fraction of sp³-hybridized carbons (Fsp3) is 0.792. The fourth-order valence-corrected chi connectivity index (χ4v) is 5.79. The van der Waals surface area contributed by atoms with E-state index in [1.54, 1.807) is 13.0 Å². The van der Waals surface area contributed by atoms with Crippen molar-refractivity contribution >= 4 is 17.7 Å². The maximum Gasteiger partial charge on any atom is 0.434 e. The topological polar surface area (TPSA) is 36.0 Å². The van der Waals surface area contributed by atoms with Gasteiger partial charge >= 0.3 is 18.4 Å². The van der Waals surface area contributed by atoms with Crippen molar-refractivity contribution < 1.29 is 44.7 Å². The molecule has 5 nitrogen and oxygen atoms in total. The summed E-state index contributed by atoms with van der Waals surface area (Å²) in [7, 11) is 0. The number of hydrogen-bond donors (Lipinski definition) is 0. The molecule has 0 bridgehead atoms. The molecule has 3 heterocycles. The predicted octanol–water partition coefficient (Wildman–Crippen LogP) is 6.69. The highest BCUT2D eigenvalue weighted by Crippen LogP contribution is 2.41. The Hall–Kier alpha value is -1.76.